The highest BCUT2D eigenvalue weighted by Crippen LogP contribution is 2.34. The fourth-order valence-corrected chi connectivity index (χ4v) is 4.14. The number of aryl methyl sites for hydroxylation is 1. The first-order chi connectivity index (χ1) is 13.5. The number of carbonyl (C=O) groups excluding carboxylic acids is 1. The number of nitrogens with zero attached hydrogens (tertiary/aromatic N) is 5. The van der Waals surface area contributed by atoms with Crippen LogP contribution in [-0.2, 0) is 17.8 Å². The van der Waals surface area contributed by atoms with Crippen LogP contribution in [0.15, 0.2) is 42.6 Å². The molecule has 146 valence electrons. The van der Waals surface area contributed by atoms with E-state index in [2.05, 4.69) is 24.0 Å². The SMILES string of the molecule is Cc1cc2ncc(CN(C)C)c(C3CCCN3C(=O)Cc3ccccc3)n2n1. The van der Waals surface area contributed by atoms with Gasteiger partial charge < -0.3 is 9.80 Å². The monoisotopic (exact) mass is 377 g/mol. The Balaban J connectivity index is 1.71. The van der Waals surface area contributed by atoms with Crippen LogP contribution < -0.4 is 0 Å². The predicted octanol–water partition coefficient (Wildman–Crippen LogP) is 3.01. The highest BCUT2D eigenvalue weighted by atomic mass is 16.2. The minimum atomic E-state index is 0.0379. The summed E-state index contributed by atoms with van der Waals surface area (Å²) in [5.74, 6) is 0.179. The molecule has 0 radical (unpaired) electrons. The number of fused-ring (bicyclic) bond motifs is 1. The molecule has 3 heterocycles. The number of aromatic nitrogens is 3. The van der Waals surface area contributed by atoms with Crippen LogP contribution in [0.2, 0.25) is 0 Å². The van der Waals surface area contributed by atoms with Crippen molar-refractivity contribution in [3.05, 3.63) is 65.1 Å². The molecule has 1 saturated heterocycles. The van der Waals surface area contributed by atoms with E-state index < -0.39 is 0 Å². The van der Waals surface area contributed by atoms with Crippen molar-refractivity contribution in [2.75, 3.05) is 20.6 Å². The van der Waals surface area contributed by atoms with Gasteiger partial charge in [-0.05, 0) is 39.4 Å². The van der Waals surface area contributed by atoms with Gasteiger partial charge in [-0.2, -0.15) is 5.10 Å². The molecule has 28 heavy (non-hydrogen) atoms. The molecule has 1 aromatic carbocycles. The highest BCUT2D eigenvalue weighted by Gasteiger charge is 2.33. The molecule has 0 N–H and O–H groups in total. The van der Waals surface area contributed by atoms with E-state index in [1.807, 2.05) is 58.9 Å². The topological polar surface area (TPSA) is 53.7 Å². The second-order valence-corrected chi connectivity index (χ2v) is 7.87. The number of hydrogen-bond donors (Lipinski definition) is 0. The van der Waals surface area contributed by atoms with Crippen LogP contribution in [0.3, 0.4) is 0 Å². The van der Waals surface area contributed by atoms with E-state index in [-0.39, 0.29) is 11.9 Å². The number of carbonyl (C=O) groups is 1. The number of benzene rings is 1. The average molecular weight is 377 g/mol. The molecule has 0 saturated carbocycles. The van der Waals surface area contributed by atoms with Crippen LogP contribution in [0.1, 0.15) is 41.4 Å². The smallest absolute Gasteiger partial charge is 0.227 e. The molecule has 4 rings (SSSR count). The van der Waals surface area contributed by atoms with Crippen molar-refractivity contribution in [3.8, 4) is 0 Å². The standard InChI is InChI=1S/C22H27N5O/c1-16-12-20-23-14-18(15-25(2)3)22(27(20)24-16)19-10-7-11-26(19)21(28)13-17-8-5-4-6-9-17/h4-6,8-9,12,14,19H,7,10-11,13,15H2,1-3H3. The van der Waals surface area contributed by atoms with Gasteiger partial charge in [0, 0.05) is 30.9 Å². The maximum absolute atomic E-state index is 13.1. The summed E-state index contributed by atoms with van der Waals surface area (Å²) in [6.45, 7) is 3.55. The van der Waals surface area contributed by atoms with Crippen molar-refractivity contribution in [1.82, 2.24) is 24.4 Å². The van der Waals surface area contributed by atoms with E-state index in [4.69, 9.17) is 5.10 Å². The second kappa shape index (κ2) is 7.72. The molecule has 1 amide bonds. The highest BCUT2D eigenvalue weighted by molar-refractivity contribution is 5.79. The van der Waals surface area contributed by atoms with Crippen LogP contribution in [-0.4, -0.2) is 50.9 Å². The number of hydrogen-bond acceptors (Lipinski definition) is 4. The largest absolute Gasteiger partial charge is 0.334 e. The van der Waals surface area contributed by atoms with Gasteiger partial charge in [0.05, 0.1) is 23.9 Å². The normalized spacial score (nSPS) is 17.0. The Kier molecular flexibility index (Phi) is 5.13. The third-order valence-electron chi connectivity index (χ3n) is 5.30. The number of likely N-dealkylation sites (tertiary alicyclic amines) is 1. The molecule has 6 nitrogen and oxygen atoms in total. The Labute approximate surface area is 165 Å². The maximum atomic E-state index is 13.1. The molecule has 0 spiro atoms. The quantitative estimate of drug-likeness (QED) is 0.686. The van der Waals surface area contributed by atoms with Gasteiger partial charge in [0.2, 0.25) is 5.91 Å². The van der Waals surface area contributed by atoms with E-state index in [1.54, 1.807) is 0 Å². The summed E-state index contributed by atoms with van der Waals surface area (Å²) in [5.41, 5.74) is 5.07. The molecular formula is C22H27N5O. The van der Waals surface area contributed by atoms with Crippen molar-refractivity contribution in [1.29, 1.82) is 0 Å². The first-order valence-corrected chi connectivity index (χ1v) is 9.85. The van der Waals surface area contributed by atoms with E-state index in [9.17, 15) is 4.79 Å². The van der Waals surface area contributed by atoms with Crippen LogP contribution in [0, 0.1) is 6.92 Å². The summed E-state index contributed by atoms with van der Waals surface area (Å²) in [6, 6.07) is 12.0. The molecule has 2 aromatic heterocycles. The third-order valence-corrected chi connectivity index (χ3v) is 5.30. The van der Waals surface area contributed by atoms with Gasteiger partial charge in [0.1, 0.15) is 0 Å². The zero-order valence-corrected chi connectivity index (χ0v) is 16.8. The Bertz CT molecular complexity index is 979. The summed E-state index contributed by atoms with van der Waals surface area (Å²) >= 11 is 0. The zero-order valence-electron chi connectivity index (χ0n) is 16.8. The van der Waals surface area contributed by atoms with Crippen LogP contribution in [0.5, 0.6) is 0 Å². The fourth-order valence-electron chi connectivity index (χ4n) is 4.14. The maximum Gasteiger partial charge on any atom is 0.227 e. The van der Waals surface area contributed by atoms with Crippen molar-refractivity contribution < 1.29 is 4.79 Å². The summed E-state index contributed by atoms with van der Waals surface area (Å²) < 4.78 is 1.95. The van der Waals surface area contributed by atoms with Crippen LogP contribution >= 0.6 is 0 Å². The van der Waals surface area contributed by atoms with Crippen LogP contribution in [0.25, 0.3) is 5.65 Å². The van der Waals surface area contributed by atoms with E-state index in [1.165, 1.54) is 0 Å². The number of rotatable bonds is 5. The Morgan fingerprint density at radius 2 is 2.04 bits per heavy atom. The Hall–Kier alpha value is -2.73. The van der Waals surface area contributed by atoms with E-state index in [0.717, 1.165) is 54.1 Å². The minimum absolute atomic E-state index is 0.0379. The summed E-state index contributed by atoms with van der Waals surface area (Å²) in [4.78, 5) is 21.9. The van der Waals surface area contributed by atoms with Gasteiger partial charge >= 0.3 is 0 Å². The first kappa shape index (κ1) is 18.6. The lowest BCUT2D eigenvalue weighted by Crippen LogP contribution is -2.33. The molecule has 1 aliphatic rings. The second-order valence-electron chi connectivity index (χ2n) is 7.87. The third kappa shape index (κ3) is 3.64. The van der Waals surface area contributed by atoms with Crippen molar-refractivity contribution in [3.63, 3.8) is 0 Å². The molecule has 3 aromatic rings. The van der Waals surface area contributed by atoms with Gasteiger partial charge in [-0.3, -0.25) is 4.79 Å². The molecular weight excluding hydrogens is 350 g/mol. The minimum Gasteiger partial charge on any atom is -0.334 e. The van der Waals surface area contributed by atoms with Crippen molar-refractivity contribution in [2.24, 2.45) is 0 Å². The lowest BCUT2D eigenvalue weighted by molar-refractivity contribution is -0.131. The van der Waals surface area contributed by atoms with Gasteiger partial charge in [0.25, 0.3) is 0 Å². The van der Waals surface area contributed by atoms with Crippen molar-refractivity contribution >= 4 is 11.6 Å². The van der Waals surface area contributed by atoms with Gasteiger partial charge in [-0.15, -0.1) is 0 Å². The average Bonchev–Trinajstić information content (AvgIpc) is 3.28. The molecule has 1 atom stereocenters. The van der Waals surface area contributed by atoms with Gasteiger partial charge in [-0.25, -0.2) is 9.50 Å². The lowest BCUT2D eigenvalue weighted by Gasteiger charge is -2.28. The first-order valence-electron chi connectivity index (χ1n) is 9.85. The summed E-state index contributed by atoms with van der Waals surface area (Å²) in [7, 11) is 4.10. The Morgan fingerprint density at radius 1 is 1.25 bits per heavy atom. The lowest BCUT2D eigenvalue weighted by atomic mass is 10.0. The molecule has 0 aliphatic carbocycles. The van der Waals surface area contributed by atoms with E-state index >= 15 is 0 Å². The molecule has 1 aliphatic heterocycles. The van der Waals surface area contributed by atoms with E-state index in [0.29, 0.717) is 6.42 Å². The van der Waals surface area contributed by atoms with Crippen LogP contribution in [0.4, 0.5) is 0 Å². The van der Waals surface area contributed by atoms with Gasteiger partial charge in [-0.1, -0.05) is 30.3 Å². The molecule has 1 fully saturated rings. The fraction of sp³-hybridized carbons (Fsp3) is 0.409. The number of amides is 1. The Morgan fingerprint density at radius 3 is 2.79 bits per heavy atom. The molecule has 6 heteroatoms. The van der Waals surface area contributed by atoms with Gasteiger partial charge in [0.15, 0.2) is 5.65 Å². The summed E-state index contributed by atoms with van der Waals surface area (Å²) in [5, 5.41) is 4.70. The zero-order chi connectivity index (χ0) is 19.7. The van der Waals surface area contributed by atoms with Crippen molar-refractivity contribution in [2.45, 2.75) is 38.8 Å². The predicted molar refractivity (Wildman–Crippen MR) is 109 cm³/mol. The molecule has 1 unspecified atom stereocenters. The molecule has 0 bridgehead atoms. The summed E-state index contributed by atoms with van der Waals surface area (Å²) in [6.07, 6.45) is 4.35.